The van der Waals surface area contributed by atoms with Gasteiger partial charge in [-0.05, 0) is 61.1 Å². The van der Waals surface area contributed by atoms with Gasteiger partial charge in [-0.2, -0.15) is 0 Å². The van der Waals surface area contributed by atoms with Gasteiger partial charge in [0, 0.05) is 25.3 Å². The molecule has 0 spiro atoms. The number of carbonyl (C=O) groups excluding carboxylic acids is 1. The summed E-state index contributed by atoms with van der Waals surface area (Å²) in [5.74, 6) is 1.64. The molecule has 2 aliphatic carbocycles. The first kappa shape index (κ1) is 27.0. The lowest BCUT2D eigenvalue weighted by atomic mass is 9.83. The van der Waals surface area contributed by atoms with E-state index < -0.39 is 0 Å². The Bertz CT molecular complexity index is 688. The molecule has 172 valence electrons. The van der Waals surface area contributed by atoms with Gasteiger partial charge in [0.25, 0.3) is 0 Å². The molecule has 1 N–H and O–H groups in total. The highest BCUT2D eigenvalue weighted by Gasteiger charge is 2.16. The van der Waals surface area contributed by atoms with Crippen LogP contribution in [-0.2, 0) is 11.3 Å². The molecule has 0 aromatic heterocycles. The maximum Gasteiger partial charge on any atom is 0.106 e. The van der Waals surface area contributed by atoms with Gasteiger partial charge in [-0.1, -0.05) is 82.5 Å². The lowest BCUT2D eigenvalue weighted by molar-refractivity contribution is -0.0979. The number of benzene rings is 1. The molecule has 2 atom stereocenters. The Balaban J connectivity index is 0.00000113. The minimum absolute atomic E-state index is 0.583. The number of nitrogens with zero attached hydrogens (tertiary/aromatic N) is 1. The Morgan fingerprint density at radius 3 is 2.58 bits per heavy atom. The average Bonchev–Trinajstić information content (AvgIpc) is 2.79. The van der Waals surface area contributed by atoms with Crippen molar-refractivity contribution in [1.82, 2.24) is 5.32 Å². The van der Waals surface area contributed by atoms with Crippen LogP contribution in [0.25, 0.3) is 0 Å². The number of allylic oxidation sites excluding steroid dienone is 4. The summed E-state index contributed by atoms with van der Waals surface area (Å²) < 4.78 is 0. The van der Waals surface area contributed by atoms with Gasteiger partial charge in [0.05, 0.1) is 0 Å². The zero-order valence-electron chi connectivity index (χ0n) is 20.3. The molecule has 1 aromatic rings. The Hall–Kier alpha value is -2.00. The van der Waals surface area contributed by atoms with E-state index >= 15 is 0 Å². The van der Waals surface area contributed by atoms with Gasteiger partial charge in [0.15, 0.2) is 0 Å². The topological polar surface area (TPSA) is 41.5 Å². The molecule has 0 radical (unpaired) electrons. The smallest absolute Gasteiger partial charge is 0.106 e. The highest BCUT2D eigenvalue weighted by Crippen LogP contribution is 2.29. The van der Waals surface area contributed by atoms with Gasteiger partial charge in [-0.3, -0.25) is 4.99 Å². The number of carbonyl (C=O) groups is 1. The van der Waals surface area contributed by atoms with Crippen LogP contribution < -0.4 is 5.32 Å². The summed E-state index contributed by atoms with van der Waals surface area (Å²) in [4.78, 5) is 12.7. The van der Waals surface area contributed by atoms with Crippen LogP contribution in [0.1, 0.15) is 82.4 Å². The summed E-state index contributed by atoms with van der Waals surface area (Å²) >= 11 is 0. The number of hydrogen-bond donors (Lipinski definition) is 1. The molecular formula is C28H44N2O. The van der Waals surface area contributed by atoms with Crippen LogP contribution in [0.2, 0.25) is 0 Å². The van der Waals surface area contributed by atoms with Gasteiger partial charge in [0.2, 0.25) is 0 Å². The third-order valence-corrected chi connectivity index (χ3v) is 6.20. The predicted molar refractivity (Wildman–Crippen MR) is 136 cm³/mol. The van der Waals surface area contributed by atoms with Crippen molar-refractivity contribution < 1.29 is 4.79 Å². The second-order valence-corrected chi connectivity index (χ2v) is 8.34. The molecule has 1 aromatic carbocycles. The third kappa shape index (κ3) is 10.2. The lowest BCUT2D eigenvalue weighted by Crippen LogP contribution is -2.30. The summed E-state index contributed by atoms with van der Waals surface area (Å²) in [6.45, 7) is 12.4. The van der Waals surface area contributed by atoms with Crippen LogP contribution in [0.5, 0.6) is 0 Å². The van der Waals surface area contributed by atoms with E-state index in [-0.39, 0.29) is 0 Å². The number of hydrogen-bond acceptors (Lipinski definition) is 3. The SMILES string of the molecule is C=O.CC.CC[C@H](CC1C=CC=CC1)NCc1ccc(C=NCCC2CCC2)c(C)c1. The summed E-state index contributed by atoms with van der Waals surface area (Å²) in [7, 11) is 0. The van der Waals surface area contributed by atoms with Crippen molar-refractivity contribution in [2.75, 3.05) is 6.54 Å². The second kappa shape index (κ2) is 16.7. The molecule has 1 saturated carbocycles. The van der Waals surface area contributed by atoms with Crippen molar-refractivity contribution in [3.8, 4) is 0 Å². The average molecular weight is 425 g/mol. The summed E-state index contributed by atoms with van der Waals surface area (Å²) in [5, 5.41) is 3.77. The molecule has 31 heavy (non-hydrogen) atoms. The molecule has 0 amide bonds. The van der Waals surface area contributed by atoms with Gasteiger partial charge in [-0.15, -0.1) is 0 Å². The van der Waals surface area contributed by atoms with Crippen LogP contribution in [0.15, 0.2) is 47.5 Å². The highest BCUT2D eigenvalue weighted by molar-refractivity contribution is 5.81. The van der Waals surface area contributed by atoms with Gasteiger partial charge >= 0.3 is 0 Å². The van der Waals surface area contributed by atoms with Crippen molar-refractivity contribution in [2.24, 2.45) is 16.8 Å². The molecule has 3 rings (SSSR count). The number of aliphatic imine (C=N–C) groups is 1. The number of nitrogens with one attached hydrogen (secondary N) is 1. The van der Waals surface area contributed by atoms with Crippen molar-refractivity contribution in [3.63, 3.8) is 0 Å². The summed E-state index contributed by atoms with van der Waals surface area (Å²) in [6.07, 6.45) is 20.2. The Labute approximate surface area is 191 Å². The number of rotatable bonds is 10. The fourth-order valence-electron chi connectivity index (χ4n) is 4.02. The van der Waals surface area contributed by atoms with E-state index in [0.717, 1.165) is 19.0 Å². The molecule has 0 saturated heterocycles. The Morgan fingerprint density at radius 2 is 2.00 bits per heavy atom. The minimum Gasteiger partial charge on any atom is -0.310 e. The molecular weight excluding hydrogens is 380 g/mol. The normalized spacial score (nSPS) is 18.5. The largest absolute Gasteiger partial charge is 0.310 e. The van der Waals surface area contributed by atoms with Gasteiger partial charge in [-0.25, -0.2) is 0 Å². The lowest BCUT2D eigenvalue weighted by Gasteiger charge is -2.24. The van der Waals surface area contributed by atoms with Crippen molar-refractivity contribution in [3.05, 3.63) is 59.2 Å². The molecule has 0 heterocycles. The number of aryl methyl sites for hydroxylation is 1. The minimum atomic E-state index is 0.583. The Kier molecular flexibility index (Phi) is 14.5. The fourth-order valence-corrected chi connectivity index (χ4v) is 4.02. The first-order chi connectivity index (χ1) is 15.2. The van der Waals surface area contributed by atoms with E-state index in [4.69, 9.17) is 4.79 Å². The van der Waals surface area contributed by atoms with E-state index in [2.05, 4.69) is 72.9 Å². The highest BCUT2D eigenvalue weighted by atomic mass is 16.1. The molecule has 2 aliphatic rings. The van der Waals surface area contributed by atoms with Gasteiger partial charge < -0.3 is 10.1 Å². The second-order valence-electron chi connectivity index (χ2n) is 8.34. The third-order valence-electron chi connectivity index (χ3n) is 6.20. The van der Waals surface area contributed by atoms with E-state index in [1.54, 1.807) is 0 Å². The van der Waals surface area contributed by atoms with E-state index in [1.165, 1.54) is 61.6 Å². The van der Waals surface area contributed by atoms with Crippen LogP contribution in [-0.4, -0.2) is 25.6 Å². The van der Waals surface area contributed by atoms with E-state index in [0.29, 0.717) is 12.0 Å². The zero-order chi connectivity index (χ0) is 22.9. The van der Waals surface area contributed by atoms with Gasteiger partial charge in [0.1, 0.15) is 6.79 Å². The van der Waals surface area contributed by atoms with Crippen molar-refractivity contribution in [2.45, 2.75) is 85.2 Å². The molecule has 1 unspecified atom stereocenters. The molecule has 0 bridgehead atoms. The zero-order valence-corrected chi connectivity index (χ0v) is 20.3. The fraction of sp³-hybridized carbons (Fsp3) is 0.571. The first-order valence-corrected chi connectivity index (χ1v) is 12.2. The van der Waals surface area contributed by atoms with Crippen LogP contribution in [0.3, 0.4) is 0 Å². The quantitative estimate of drug-likeness (QED) is 0.418. The van der Waals surface area contributed by atoms with E-state index in [9.17, 15) is 0 Å². The standard InChI is InChI=1S/C25H36N2.C2H6.CH2O/c1-3-25(17-22-8-5-4-6-9-22)27-18-23-12-13-24(20(2)16-23)19-26-15-14-21-10-7-11-21;2*1-2/h4-6,8,12-13,16,19,21-22,25,27H,3,7,9-11,14-15,17-18H2,1-2H3;1-2H3;1H2/t22?,25-;;/m1../s1. The molecule has 3 heteroatoms. The summed E-state index contributed by atoms with van der Waals surface area (Å²) in [6, 6.07) is 7.38. The van der Waals surface area contributed by atoms with Crippen LogP contribution in [0, 0.1) is 18.8 Å². The maximum absolute atomic E-state index is 8.00. The molecule has 3 nitrogen and oxygen atoms in total. The first-order valence-electron chi connectivity index (χ1n) is 12.2. The van der Waals surface area contributed by atoms with Crippen LogP contribution in [0.4, 0.5) is 0 Å². The monoisotopic (exact) mass is 424 g/mol. The van der Waals surface area contributed by atoms with Crippen molar-refractivity contribution in [1.29, 1.82) is 0 Å². The van der Waals surface area contributed by atoms with E-state index in [1.807, 2.05) is 20.6 Å². The molecule has 1 fully saturated rings. The van der Waals surface area contributed by atoms with Crippen molar-refractivity contribution >= 4 is 13.0 Å². The molecule has 0 aliphatic heterocycles. The summed E-state index contributed by atoms with van der Waals surface area (Å²) in [5.41, 5.74) is 3.96. The maximum atomic E-state index is 8.00. The predicted octanol–water partition coefficient (Wildman–Crippen LogP) is 6.84. The van der Waals surface area contributed by atoms with Crippen LogP contribution >= 0.6 is 0 Å². The Morgan fingerprint density at radius 1 is 1.23 bits per heavy atom.